The van der Waals surface area contributed by atoms with Crippen LogP contribution in [0.15, 0.2) is 54.4 Å². The van der Waals surface area contributed by atoms with E-state index in [4.69, 9.17) is 10.5 Å². The number of allylic oxidation sites excluding steroid dienone is 1. The van der Waals surface area contributed by atoms with E-state index in [2.05, 4.69) is 15.1 Å². The molecule has 2 fully saturated rings. The topological polar surface area (TPSA) is 123 Å². The number of anilines is 1. The van der Waals surface area contributed by atoms with Gasteiger partial charge in [-0.2, -0.15) is 10.4 Å². The van der Waals surface area contributed by atoms with Crippen molar-refractivity contribution < 1.29 is 22.7 Å². The van der Waals surface area contributed by atoms with Crippen molar-refractivity contribution in [3.05, 3.63) is 71.8 Å². The molecule has 208 valence electrons. The molecular formula is C29H24F3N7O2. The van der Waals surface area contributed by atoms with Crippen molar-refractivity contribution in [2.24, 2.45) is 5.92 Å². The summed E-state index contributed by atoms with van der Waals surface area (Å²) in [7, 11) is 0. The Morgan fingerprint density at radius 3 is 2.59 bits per heavy atom. The quantitative estimate of drug-likeness (QED) is 0.246. The highest BCUT2D eigenvalue weighted by Gasteiger charge is 2.33. The van der Waals surface area contributed by atoms with E-state index in [-0.39, 0.29) is 58.6 Å². The minimum Gasteiger partial charge on any atom is -0.457 e. The van der Waals surface area contributed by atoms with E-state index in [0.717, 1.165) is 37.5 Å². The molecule has 4 aromatic rings. The van der Waals surface area contributed by atoms with Crippen molar-refractivity contribution in [3.63, 3.8) is 0 Å². The predicted octanol–water partition coefficient (Wildman–Crippen LogP) is 5.14. The van der Waals surface area contributed by atoms with Crippen LogP contribution in [-0.2, 0) is 11.3 Å². The lowest BCUT2D eigenvalue weighted by molar-refractivity contribution is -0.127. The molecule has 2 aromatic heterocycles. The molecule has 9 nitrogen and oxygen atoms in total. The first-order valence-corrected chi connectivity index (χ1v) is 13.1. The minimum atomic E-state index is -0.824. The summed E-state index contributed by atoms with van der Waals surface area (Å²) in [6.45, 7) is 0.774. The van der Waals surface area contributed by atoms with Crippen LogP contribution in [-0.4, -0.2) is 43.1 Å². The number of hydrogen-bond acceptors (Lipinski definition) is 7. The number of aromatic nitrogens is 4. The zero-order valence-electron chi connectivity index (χ0n) is 21.7. The number of nitriles is 1. The van der Waals surface area contributed by atoms with Gasteiger partial charge < -0.3 is 15.4 Å². The van der Waals surface area contributed by atoms with Crippen molar-refractivity contribution in [2.45, 2.75) is 38.3 Å². The van der Waals surface area contributed by atoms with Gasteiger partial charge in [0.15, 0.2) is 5.65 Å². The zero-order valence-corrected chi connectivity index (χ0v) is 21.7. The fraction of sp³-hybridized carbons (Fsp3) is 0.276. The van der Waals surface area contributed by atoms with Gasteiger partial charge in [-0.1, -0.05) is 6.08 Å². The van der Waals surface area contributed by atoms with Crippen molar-refractivity contribution in [1.29, 1.82) is 5.26 Å². The van der Waals surface area contributed by atoms with E-state index < -0.39 is 17.5 Å². The summed E-state index contributed by atoms with van der Waals surface area (Å²) >= 11 is 0. The third-order valence-electron chi connectivity index (χ3n) is 7.22. The summed E-state index contributed by atoms with van der Waals surface area (Å²) in [6, 6.07) is 8.42. The molecule has 41 heavy (non-hydrogen) atoms. The Labute approximate surface area is 232 Å². The van der Waals surface area contributed by atoms with E-state index in [9.17, 15) is 18.8 Å². The number of carbonyl (C=O) groups is 1. The number of amides is 1. The van der Waals surface area contributed by atoms with Crippen LogP contribution in [0.25, 0.3) is 22.3 Å². The standard InChI is InChI=1S/C29H24F3N7O2/c30-18-9-19(31)11-22(10-18)41-21-5-6-23(24(32)12-21)26-25-27(34)35-15-36-28(25)39(37-26)14-20-2-1-7-38(20)29(40)17(13-33)8-16-3-4-16/h5-6,8-12,15-16,20H,1-4,7,14H2,(H2,34,35,36). The fourth-order valence-electron chi connectivity index (χ4n) is 5.12. The molecule has 0 spiro atoms. The van der Waals surface area contributed by atoms with Gasteiger partial charge in [0.05, 0.1) is 18.0 Å². The van der Waals surface area contributed by atoms with Gasteiger partial charge in [-0.25, -0.2) is 27.8 Å². The van der Waals surface area contributed by atoms with Crippen LogP contribution in [0.3, 0.4) is 0 Å². The number of nitrogens with two attached hydrogens (primary N) is 1. The Balaban J connectivity index is 1.31. The summed E-state index contributed by atoms with van der Waals surface area (Å²) < 4.78 is 49.5. The summed E-state index contributed by atoms with van der Waals surface area (Å²) in [6.07, 6.45) is 6.48. The number of benzene rings is 2. The number of fused-ring (bicyclic) bond motifs is 1. The summed E-state index contributed by atoms with van der Waals surface area (Å²) in [4.78, 5) is 23.3. The normalized spacial score (nSPS) is 17.2. The summed E-state index contributed by atoms with van der Waals surface area (Å²) in [5.41, 5.74) is 6.99. The first-order valence-electron chi connectivity index (χ1n) is 13.1. The Morgan fingerprint density at radius 1 is 1.10 bits per heavy atom. The van der Waals surface area contributed by atoms with Crippen LogP contribution in [0.4, 0.5) is 19.0 Å². The minimum absolute atomic E-state index is 0.0249. The van der Waals surface area contributed by atoms with Crippen molar-refractivity contribution in [1.82, 2.24) is 24.6 Å². The van der Waals surface area contributed by atoms with Crippen LogP contribution in [0.1, 0.15) is 25.7 Å². The number of nitrogens with zero attached hydrogens (tertiary/aromatic N) is 6. The van der Waals surface area contributed by atoms with Gasteiger partial charge in [-0.15, -0.1) is 0 Å². The second-order valence-electron chi connectivity index (χ2n) is 10.2. The smallest absolute Gasteiger partial charge is 0.264 e. The van der Waals surface area contributed by atoms with E-state index >= 15 is 4.39 Å². The number of nitrogen functional groups attached to an aromatic ring is 1. The Bertz CT molecular complexity index is 1720. The second kappa shape index (κ2) is 10.6. The highest BCUT2D eigenvalue weighted by molar-refractivity contribution is 5.99. The van der Waals surface area contributed by atoms with E-state index in [1.54, 1.807) is 15.7 Å². The number of hydrogen-bond donors (Lipinski definition) is 1. The molecule has 1 atom stereocenters. The molecule has 2 aliphatic rings. The van der Waals surface area contributed by atoms with Gasteiger partial charge in [-0.05, 0) is 43.7 Å². The molecule has 0 bridgehead atoms. The fourth-order valence-corrected chi connectivity index (χ4v) is 5.12. The van der Waals surface area contributed by atoms with Gasteiger partial charge in [0.25, 0.3) is 5.91 Å². The average molecular weight is 560 g/mol. The Hall–Kier alpha value is -4.92. The number of ether oxygens (including phenoxy) is 1. The molecule has 12 heteroatoms. The van der Waals surface area contributed by atoms with E-state index in [1.165, 1.54) is 18.5 Å². The van der Waals surface area contributed by atoms with Gasteiger partial charge in [-0.3, -0.25) is 4.79 Å². The molecule has 1 amide bonds. The lowest BCUT2D eigenvalue weighted by Crippen LogP contribution is -2.39. The van der Waals surface area contributed by atoms with E-state index in [1.807, 2.05) is 6.07 Å². The third-order valence-corrected chi connectivity index (χ3v) is 7.22. The lowest BCUT2D eigenvalue weighted by atomic mass is 10.1. The van der Waals surface area contributed by atoms with Crippen LogP contribution in [0.2, 0.25) is 0 Å². The second-order valence-corrected chi connectivity index (χ2v) is 10.2. The first-order chi connectivity index (χ1) is 19.8. The molecule has 0 radical (unpaired) electrons. The molecular weight excluding hydrogens is 535 g/mol. The van der Waals surface area contributed by atoms with E-state index in [0.29, 0.717) is 30.1 Å². The van der Waals surface area contributed by atoms with Crippen LogP contribution in [0.5, 0.6) is 11.5 Å². The van der Waals surface area contributed by atoms with Gasteiger partial charge in [0.2, 0.25) is 0 Å². The maximum absolute atomic E-state index is 15.4. The molecule has 2 N–H and O–H groups in total. The molecule has 1 unspecified atom stereocenters. The number of rotatable bonds is 7. The third kappa shape index (κ3) is 5.30. The van der Waals surface area contributed by atoms with Gasteiger partial charge in [0.1, 0.15) is 58.4 Å². The van der Waals surface area contributed by atoms with Gasteiger partial charge >= 0.3 is 0 Å². The molecule has 2 aromatic carbocycles. The number of likely N-dealkylation sites (tertiary alicyclic amines) is 1. The Kier molecular flexibility index (Phi) is 6.78. The van der Waals surface area contributed by atoms with Crippen molar-refractivity contribution in [3.8, 4) is 28.8 Å². The summed E-state index contributed by atoms with van der Waals surface area (Å²) in [5, 5.41) is 14.5. The number of halogens is 3. The average Bonchev–Trinajstić information content (AvgIpc) is 3.51. The maximum Gasteiger partial charge on any atom is 0.264 e. The van der Waals surface area contributed by atoms with Crippen LogP contribution < -0.4 is 10.5 Å². The molecule has 3 heterocycles. The highest BCUT2D eigenvalue weighted by Crippen LogP contribution is 2.35. The van der Waals surface area contributed by atoms with Crippen molar-refractivity contribution in [2.75, 3.05) is 12.3 Å². The number of carbonyl (C=O) groups excluding carboxylic acids is 1. The predicted molar refractivity (Wildman–Crippen MR) is 143 cm³/mol. The summed E-state index contributed by atoms with van der Waals surface area (Å²) in [5.74, 6) is -2.37. The monoisotopic (exact) mass is 559 g/mol. The van der Waals surface area contributed by atoms with Gasteiger partial charge in [0, 0.05) is 36.4 Å². The SMILES string of the molecule is N#CC(=CC1CC1)C(=O)N1CCCC1Cn1nc(-c2ccc(Oc3cc(F)cc(F)c3)cc2F)c2c(N)ncnc21. The molecule has 1 saturated carbocycles. The molecule has 1 aliphatic heterocycles. The largest absolute Gasteiger partial charge is 0.457 e. The molecule has 1 saturated heterocycles. The maximum atomic E-state index is 15.4. The Morgan fingerprint density at radius 2 is 1.88 bits per heavy atom. The first kappa shape index (κ1) is 26.3. The molecule has 1 aliphatic carbocycles. The van der Waals surface area contributed by atoms with Crippen LogP contribution >= 0.6 is 0 Å². The highest BCUT2D eigenvalue weighted by atomic mass is 19.1. The lowest BCUT2D eigenvalue weighted by Gasteiger charge is -2.24. The van der Waals surface area contributed by atoms with Crippen LogP contribution in [0, 0.1) is 34.7 Å². The zero-order chi connectivity index (χ0) is 28.7. The molecule has 6 rings (SSSR count). The van der Waals surface area contributed by atoms with Crippen molar-refractivity contribution >= 4 is 22.8 Å².